The molecule has 34 heavy (non-hydrogen) atoms. The predicted molar refractivity (Wildman–Crippen MR) is 137 cm³/mol. The Labute approximate surface area is 209 Å². The zero-order valence-corrected chi connectivity index (χ0v) is 20.7. The number of carbonyl (C=O) groups excluding carboxylic acids is 1. The maximum absolute atomic E-state index is 13.0. The van der Waals surface area contributed by atoms with Crippen LogP contribution in [-0.2, 0) is 13.2 Å². The normalized spacial score (nSPS) is 10.9. The van der Waals surface area contributed by atoms with Crippen LogP contribution in [0.5, 0.6) is 5.75 Å². The largest absolute Gasteiger partial charge is 0.487 e. The number of benzene rings is 3. The highest BCUT2D eigenvalue weighted by Gasteiger charge is 2.16. The van der Waals surface area contributed by atoms with E-state index < -0.39 is 0 Å². The highest BCUT2D eigenvalue weighted by atomic mass is 35.5. The molecule has 0 fully saturated rings. The number of aromatic nitrogens is 2. The summed E-state index contributed by atoms with van der Waals surface area (Å²) in [6, 6.07) is 20.7. The second-order valence-corrected chi connectivity index (χ2v) is 8.91. The topological polar surface area (TPSA) is 56.2 Å². The van der Waals surface area contributed by atoms with Gasteiger partial charge in [-0.3, -0.25) is 9.48 Å². The summed E-state index contributed by atoms with van der Waals surface area (Å²) in [4.78, 5) is 13.0. The van der Waals surface area contributed by atoms with Crippen LogP contribution in [0.15, 0.2) is 66.7 Å². The fraction of sp³-hybridized carbons (Fsp3) is 0.185. The molecule has 0 radical (unpaired) electrons. The van der Waals surface area contributed by atoms with Crippen molar-refractivity contribution in [3.8, 4) is 5.75 Å². The number of hydrogen-bond acceptors (Lipinski definition) is 3. The summed E-state index contributed by atoms with van der Waals surface area (Å²) in [6.07, 6.45) is 0. The maximum atomic E-state index is 13.0. The van der Waals surface area contributed by atoms with E-state index >= 15 is 0 Å². The summed E-state index contributed by atoms with van der Waals surface area (Å²) in [5, 5.41) is 8.48. The first kappa shape index (κ1) is 23.9. The standard InChI is InChI=1S/C27H25Cl2N3O2/c1-17-8-4-5-10-22(17)15-32-19(3)26(18(2)31-32)30-27(33)21-11-6-9-20(14-21)16-34-24-13-7-12-23(28)25(24)29/h4-14H,15-16H2,1-3H3,(H,30,33). The lowest BCUT2D eigenvalue weighted by Gasteiger charge is -2.11. The Balaban J connectivity index is 1.47. The molecule has 1 amide bonds. The Morgan fingerprint density at radius 1 is 1.00 bits per heavy atom. The molecular weight excluding hydrogens is 469 g/mol. The lowest BCUT2D eigenvalue weighted by atomic mass is 10.1. The zero-order valence-electron chi connectivity index (χ0n) is 19.2. The molecule has 0 aliphatic heterocycles. The minimum atomic E-state index is -0.204. The third-order valence-corrected chi connectivity index (χ3v) is 6.50. The molecule has 0 unspecified atom stereocenters. The number of nitrogens with one attached hydrogen (secondary N) is 1. The van der Waals surface area contributed by atoms with Crippen LogP contribution in [-0.4, -0.2) is 15.7 Å². The molecule has 4 rings (SSSR count). The Morgan fingerprint density at radius 2 is 1.76 bits per heavy atom. The van der Waals surface area contributed by atoms with Crippen LogP contribution < -0.4 is 10.1 Å². The molecule has 0 aliphatic rings. The smallest absolute Gasteiger partial charge is 0.255 e. The van der Waals surface area contributed by atoms with E-state index in [1.165, 1.54) is 11.1 Å². The van der Waals surface area contributed by atoms with Crippen LogP contribution in [0.2, 0.25) is 10.0 Å². The van der Waals surface area contributed by atoms with Crippen molar-refractivity contribution in [2.75, 3.05) is 5.32 Å². The summed E-state index contributed by atoms with van der Waals surface area (Å²) < 4.78 is 7.73. The van der Waals surface area contributed by atoms with E-state index in [0.29, 0.717) is 27.9 Å². The molecule has 0 atom stereocenters. The zero-order chi connectivity index (χ0) is 24.2. The molecule has 3 aromatic carbocycles. The molecule has 174 valence electrons. The summed E-state index contributed by atoms with van der Waals surface area (Å²) in [5.74, 6) is 0.292. The number of rotatable bonds is 7. The highest BCUT2D eigenvalue weighted by molar-refractivity contribution is 6.42. The minimum absolute atomic E-state index is 0.204. The SMILES string of the molecule is Cc1ccccc1Cn1nc(C)c(NC(=O)c2cccc(COc3cccc(Cl)c3Cl)c2)c1C. The van der Waals surface area contributed by atoms with Crippen LogP contribution in [0.1, 0.15) is 38.4 Å². The summed E-state index contributed by atoms with van der Waals surface area (Å²) >= 11 is 12.2. The van der Waals surface area contributed by atoms with Crippen molar-refractivity contribution in [3.63, 3.8) is 0 Å². The van der Waals surface area contributed by atoms with Gasteiger partial charge in [0, 0.05) is 5.56 Å². The molecule has 1 N–H and O–H groups in total. The first-order valence-corrected chi connectivity index (χ1v) is 11.6. The summed E-state index contributed by atoms with van der Waals surface area (Å²) in [6.45, 7) is 6.85. The Kier molecular flexibility index (Phi) is 7.25. The van der Waals surface area contributed by atoms with Gasteiger partial charge >= 0.3 is 0 Å². The van der Waals surface area contributed by atoms with Crippen LogP contribution in [0.25, 0.3) is 0 Å². The van der Waals surface area contributed by atoms with Gasteiger partial charge in [0.25, 0.3) is 5.91 Å². The fourth-order valence-corrected chi connectivity index (χ4v) is 4.07. The number of amides is 1. The van der Waals surface area contributed by atoms with Gasteiger partial charge in [-0.1, -0.05) is 65.7 Å². The molecule has 1 aromatic heterocycles. The van der Waals surface area contributed by atoms with Gasteiger partial charge in [0.15, 0.2) is 0 Å². The first-order valence-electron chi connectivity index (χ1n) is 10.9. The van der Waals surface area contributed by atoms with E-state index in [0.717, 1.165) is 22.6 Å². The molecule has 0 aliphatic carbocycles. The third-order valence-electron chi connectivity index (χ3n) is 5.70. The molecular formula is C27H25Cl2N3O2. The van der Waals surface area contributed by atoms with E-state index in [1.54, 1.807) is 30.3 Å². The van der Waals surface area contributed by atoms with Crippen LogP contribution in [0, 0.1) is 20.8 Å². The van der Waals surface area contributed by atoms with Crippen molar-refractivity contribution in [3.05, 3.63) is 110 Å². The number of anilines is 1. The van der Waals surface area contributed by atoms with Gasteiger partial charge in [0.1, 0.15) is 17.4 Å². The Morgan fingerprint density at radius 3 is 2.56 bits per heavy atom. The third kappa shape index (κ3) is 5.27. The van der Waals surface area contributed by atoms with Crippen molar-refractivity contribution in [1.29, 1.82) is 0 Å². The fourth-order valence-electron chi connectivity index (χ4n) is 3.73. The van der Waals surface area contributed by atoms with Gasteiger partial charge in [-0.15, -0.1) is 0 Å². The molecule has 0 saturated carbocycles. The summed E-state index contributed by atoms with van der Waals surface area (Å²) in [5.41, 5.74) is 6.18. The van der Waals surface area contributed by atoms with Gasteiger partial charge in [0.2, 0.25) is 0 Å². The number of ether oxygens (including phenoxy) is 1. The second-order valence-electron chi connectivity index (χ2n) is 8.13. The van der Waals surface area contributed by atoms with Gasteiger partial charge in [0.05, 0.1) is 28.6 Å². The molecule has 5 nitrogen and oxygen atoms in total. The van der Waals surface area contributed by atoms with Crippen molar-refractivity contribution in [2.45, 2.75) is 33.9 Å². The van der Waals surface area contributed by atoms with Crippen molar-refractivity contribution < 1.29 is 9.53 Å². The molecule has 0 bridgehead atoms. The molecule has 0 saturated heterocycles. The van der Waals surface area contributed by atoms with Crippen LogP contribution in [0.4, 0.5) is 5.69 Å². The van der Waals surface area contributed by atoms with E-state index in [-0.39, 0.29) is 12.5 Å². The number of nitrogens with zero attached hydrogens (tertiary/aromatic N) is 2. The first-order chi connectivity index (χ1) is 16.3. The van der Waals surface area contributed by atoms with Crippen molar-refractivity contribution in [2.24, 2.45) is 0 Å². The van der Waals surface area contributed by atoms with Crippen molar-refractivity contribution >= 4 is 34.8 Å². The van der Waals surface area contributed by atoms with Gasteiger partial charge in [-0.05, 0) is 61.7 Å². The lowest BCUT2D eigenvalue weighted by molar-refractivity contribution is 0.102. The predicted octanol–water partition coefficient (Wildman–Crippen LogP) is 6.99. The monoisotopic (exact) mass is 493 g/mol. The van der Waals surface area contributed by atoms with E-state index in [4.69, 9.17) is 27.9 Å². The highest BCUT2D eigenvalue weighted by Crippen LogP contribution is 2.32. The number of aryl methyl sites for hydroxylation is 2. The average molecular weight is 494 g/mol. The number of carbonyl (C=O) groups is 1. The van der Waals surface area contributed by atoms with Gasteiger partial charge in [-0.25, -0.2) is 0 Å². The average Bonchev–Trinajstić information content (AvgIpc) is 3.09. The quantitative estimate of drug-likeness (QED) is 0.301. The van der Waals surface area contributed by atoms with E-state index in [1.807, 2.05) is 42.8 Å². The molecule has 4 aromatic rings. The Bertz CT molecular complexity index is 1350. The number of halogens is 2. The van der Waals surface area contributed by atoms with Crippen LogP contribution in [0.3, 0.4) is 0 Å². The Hall–Kier alpha value is -3.28. The molecule has 1 heterocycles. The minimum Gasteiger partial charge on any atom is -0.487 e. The molecule has 7 heteroatoms. The van der Waals surface area contributed by atoms with Crippen molar-refractivity contribution in [1.82, 2.24) is 9.78 Å². The summed E-state index contributed by atoms with van der Waals surface area (Å²) in [7, 11) is 0. The van der Waals surface area contributed by atoms with Gasteiger partial charge in [-0.2, -0.15) is 5.10 Å². The second kappa shape index (κ2) is 10.3. The molecule has 0 spiro atoms. The van der Waals surface area contributed by atoms with Crippen LogP contribution >= 0.6 is 23.2 Å². The maximum Gasteiger partial charge on any atom is 0.255 e. The van der Waals surface area contributed by atoms with E-state index in [9.17, 15) is 4.79 Å². The number of hydrogen-bond donors (Lipinski definition) is 1. The van der Waals surface area contributed by atoms with E-state index in [2.05, 4.69) is 29.5 Å². The lowest BCUT2D eigenvalue weighted by Crippen LogP contribution is -2.14. The van der Waals surface area contributed by atoms with Gasteiger partial charge < -0.3 is 10.1 Å².